The van der Waals surface area contributed by atoms with Crippen LogP contribution >= 0.6 is 11.6 Å². The van der Waals surface area contributed by atoms with Crippen LogP contribution in [-0.4, -0.2) is 63.9 Å². The average Bonchev–Trinajstić information content (AvgIpc) is 3.02. The van der Waals surface area contributed by atoms with Gasteiger partial charge >= 0.3 is 6.09 Å². The minimum Gasteiger partial charge on any atom is -0.465 e. The Morgan fingerprint density at radius 3 is 2.83 bits per heavy atom. The quantitative estimate of drug-likeness (QED) is 0.378. The number of halogens is 1. The maximum Gasteiger partial charge on any atom is 0.407 e. The Kier molecular flexibility index (Phi) is 6.70. The van der Waals surface area contributed by atoms with Crippen molar-refractivity contribution in [2.75, 3.05) is 18.5 Å². The normalized spacial score (nSPS) is 20.2. The molecule has 1 fully saturated rings. The van der Waals surface area contributed by atoms with Gasteiger partial charge in [0.2, 0.25) is 5.28 Å². The molecule has 3 rings (SSSR count). The zero-order valence-corrected chi connectivity index (χ0v) is 19.2. The Morgan fingerprint density at radius 2 is 2.14 bits per heavy atom. The number of anilines is 1. The summed E-state index contributed by atoms with van der Waals surface area (Å²) in [5.41, 5.74) is 0.708. The molecule has 0 aliphatic carbocycles. The zero-order chi connectivity index (χ0) is 21.2. The van der Waals surface area contributed by atoms with Crippen molar-refractivity contribution in [3.63, 3.8) is 0 Å². The van der Waals surface area contributed by atoms with E-state index < -0.39 is 14.2 Å². The van der Waals surface area contributed by atoms with Crippen molar-refractivity contribution < 1.29 is 14.6 Å². The van der Waals surface area contributed by atoms with Crippen LogP contribution < -0.4 is 5.32 Å². The van der Waals surface area contributed by atoms with Gasteiger partial charge < -0.3 is 24.6 Å². The van der Waals surface area contributed by atoms with Crippen LogP contribution in [0.1, 0.15) is 19.8 Å². The lowest BCUT2D eigenvalue weighted by Gasteiger charge is -2.36. The maximum atomic E-state index is 11.5. The van der Waals surface area contributed by atoms with Gasteiger partial charge in [-0.25, -0.2) is 9.78 Å². The largest absolute Gasteiger partial charge is 0.465 e. The molecule has 1 aliphatic heterocycles. The number of nitrogens with one attached hydrogen (secondary N) is 1. The van der Waals surface area contributed by atoms with Crippen LogP contribution in [0.5, 0.6) is 0 Å². The number of likely N-dealkylation sites (tertiary alicyclic amines) is 1. The molecule has 1 aliphatic rings. The fourth-order valence-corrected chi connectivity index (χ4v) is 4.40. The van der Waals surface area contributed by atoms with Crippen LogP contribution in [0.25, 0.3) is 11.0 Å². The van der Waals surface area contributed by atoms with E-state index in [1.165, 1.54) is 4.90 Å². The zero-order valence-electron chi connectivity index (χ0n) is 17.5. The van der Waals surface area contributed by atoms with Crippen LogP contribution in [-0.2, 0) is 11.5 Å². The minimum atomic E-state index is -1.13. The molecule has 29 heavy (non-hydrogen) atoms. The summed E-state index contributed by atoms with van der Waals surface area (Å²) in [6.07, 6.45) is 2.70. The van der Waals surface area contributed by atoms with Crippen LogP contribution in [0.15, 0.2) is 12.3 Å². The van der Waals surface area contributed by atoms with Crippen molar-refractivity contribution in [2.45, 2.75) is 64.3 Å². The van der Waals surface area contributed by atoms with E-state index in [0.717, 1.165) is 30.9 Å². The first-order valence-corrected chi connectivity index (χ1v) is 14.1. The van der Waals surface area contributed by atoms with Gasteiger partial charge in [-0.1, -0.05) is 19.6 Å². The number of carboxylic acid groups (broad SMARTS) is 1. The molecule has 0 aromatic carbocycles. The van der Waals surface area contributed by atoms with Crippen LogP contribution in [0.3, 0.4) is 0 Å². The minimum absolute atomic E-state index is 0.0205. The molecule has 2 atom stereocenters. The van der Waals surface area contributed by atoms with Gasteiger partial charge in [-0.05, 0) is 43.5 Å². The van der Waals surface area contributed by atoms with Crippen LogP contribution in [0, 0.1) is 0 Å². The van der Waals surface area contributed by atoms with E-state index in [4.69, 9.17) is 16.3 Å². The molecule has 1 amide bonds. The molecule has 2 aromatic rings. The molecule has 0 radical (unpaired) electrons. The first-order chi connectivity index (χ1) is 13.6. The highest BCUT2D eigenvalue weighted by molar-refractivity contribution is 6.76. The molecule has 2 aromatic heterocycles. The lowest BCUT2D eigenvalue weighted by atomic mass is 10.00. The molecule has 1 saturated heterocycles. The summed E-state index contributed by atoms with van der Waals surface area (Å²) in [6.45, 7) is 10.5. The highest BCUT2D eigenvalue weighted by atomic mass is 35.5. The lowest BCUT2D eigenvalue weighted by molar-refractivity contribution is 0.0899. The SMILES string of the molecule is C[C@H]1CC[C@@H](Nc2nc(Cl)nc3c2ccn3COCC[Si](C)(C)C)CN1C(=O)O. The van der Waals surface area contributed by atoms with Crippen molar-refractivity contribution in [3.8, 4) is 0 Å². The van der Waals surface area contributed by atoms with Gasteiger partial charge in [0.25, 0.3) is 0 Å². The third kappa shape index (κ3) is 5.61. The van der Waals surface area contributed by atoms with Gasteiger partial charge in [0.05, 0.1) is 5.39 Å². The van der Waals surface area contributed by atoms with Gasteiger partial charge in [0.1, 0.15) is 18.2 Å². The predicted molar refractivity (Wildman–Crippen MR) is 117 cm³/mol. The molecular formula is C19H30ClN5O3Si. The van der Waals surface area contributed by atoms with Gasteiger partial charge in [-0.15, -0.1) is 0 Å². The monoisotopic (exact) mass is 439 g/mol. The van der Waals surface area contributed by atoms with E-state index in [2.05, 4.69) is 34.9 Å². The molecule has 10 heteroatoms. The molecule has 3 heterocycles. The topological polar surface area (TPSA) is 92.5 Å². The number of aromatic nitrogens is 3. The average molecular weight is 440 g/mol. The molecular weight excluding hydrogens is 410 g/mol. The Hall–Kier alpha value is -1.84. The van der Waals surface area contributed by atoms with E-state index in [-0.39, 0.29) is 17.4 Å². The molecule has 2 N–H and O–H groups in total. The van der Waals surface area contributed by atoms with E-state index >= 15 is 0 Å². The number of hydrogen-bond acceptors (Lipinski definition) is 5. The van der Waals surface area contributed by atoms with Crippen molar-refractivity contribution >= 4 is 42.6 Å². The second-order valence-electron chi connectivity index (χ2n) is 8.91. The summed E-state index contributed by atoms with van der Waals surface area (Å²) < 4.78 is 7.77. The van der Waals surface area contributed by atoms with Gasteiger partial charge in [0.15, 0.2) is 0 Å². The maximum absolute atomic E-state index is 11.5. The fourth-order valence-electron chi connectivity index (χ4n) is 3.48. The van der Waals surface area contributed by atoms with Crippen LogP contribution in [0.4, 0.5) is 10.6 Å². The smallest absolute Gasteiger partial charge is 0.407 e. The van der Waals surface area contributed by atoms with E-state index in [1.54, 1.807) is 0 Å². The Bertz CT molecular complexity index is 869. The second kappa shape index (κ2) is 8.89. The standard InChI is InChI=1S/C19H30ClN5O3Si/c1-13-5-6-14(11-25(13)19(26)27)21-16-15-7-8-24(17(15)23-18(20)22-16)12-28-9-10-29(2,3)4/h7-8,13-14H,5-6,9-12H2,1-4H3,(H,26,27)(H,21,22,23)/t13-,14+/m0/s1. The Balaban J connectivity index is 1.72. The predicted octanol–water partition coefficient (Wildman–Crippen LogP) is 4.34. The molecule has 0 spiro atoms. The summed E-state index contributed by atoms with van der Waals surface area (Å²) in [6, 6.07) is 3.05. The van der Waals surface area contributed by atoms with E-state index in [9.17, 15) is 9.90 Å². The summed E-state index contributed by atoms with van der Waals surface area (Å²) in [5, 5.41) is 13.8. The van der Waals surface area contributed by atoms with Gasteiger partial charge in [-0.2, -0.15) is 4.98 Å². The number of amides is 1. The van der Waals surface area contributed by atoms with Gasteiger partial charge in [-0.3, -0.25) is 0 Å². The molecule has 8 nitrogen and oxygen atoms in total. The Labute approximate surface area is 177 Å². The number of piperidine rings is 1. The van der Waals surface area contributed by atoms with Crippen molar-refractivity contribution in [1.82, 2.24) is 19.4 Å². The highest BCUT2D eigenvalue weighted by Crippen LogP contribution is 2.26. The number of carbonyl (C=O) groups is 1. The highest BCUT2D eigenvalue weighted by Gasteiger charge is 2.29. The van der Waals surface area contributed by atoms with Gasteiger partial charge in [0, 0.05) is 39.5 Å². The van der Waals surface area contributed by atoms with Crippen molar-refractivity contribution in [1.29, 1.82) is 0 Å². The first kappa shape index (κ1) is 21.9. The lowest BCUT2D eigenvalue weighted by Crippen LogP contribution is -2.49. The first-order valence-electron chi connectivity index (χ1n) is 10.0. The summed E-state index contributed by atoms with van der Waals surface area (Å²) in [5.74, 6) is 0.630. The van der Waals surface area contributed by atoms with Crippen LogP contribution in [0.2, 0.25) is 31.0 Å². The molecule has 0 saturated carbocycles. The number of hydrogen-bond donors (Lipinski definition) is 2. The molecule has 160 valence electrons. The summed E-state index contributed by atoms with van der Waals surface area (Å²) in [7, 11) is -1.13. The molecule has 0 bridgehead atoms. The number of ether oxygens (including phenoxy) is 1. The summed E-state index contributed by atoms with van der Waals surface area (Å²) >= 11 is 6.18. The van der Waals surface area contributed by atoms with Crippen molar-refractivity contribution in [2.24, 2.45) is 0 Å². The van der Waals surface area contributed by atoms with E-state index in [0.29, 0.717) is 24.7 Å². The third-order valence-electron chi connectivity index (χ3n) is 5.29. The number of rotatable bonds is 7. The Morgan fingerprint density at radius 1 is 1.38 bits per heavy atom. The fraction of sp³-hybridized carbons (Fsp3) is 0.632. The summed E-state index contributed by atoms with van der Waals surface area (Å²) in [4.78, 5) is 21.7. The van der Waals surface area contributed by atoms with Crippen molar-refractivity contribution in [3.05, 3.63) is 17.5 Å². The third-order valence-corrected chi connectivity index (χ3v) is 7.16. The number of nitrogens with zero attached hydrogens (tertiary/aromatic N) is 4. The number of fused-ring (bicyclic) bond motifs is 1. The molecule has 0 unspecified atom stereocenters. The second-order valence-corrected chi connectivity index (χ2v) is 14.9. The van der Waals surface area contributed by atoms with E-state index in [1.807, 2.05) is 23.8 Å².